The molecule has 0 saturated heterocycles. The number of hydrogen-bond acceptors (Lipinski definition) is 5. The van der Waals surface area contributed by atoms with Crippen LogP contribution in [0.15, 0.2) is 35.4 Å². The molecule has 0 aliphatic heterocycles. The second-order valence-corrected chi connectivity index (χ2v) is 5.79. The highest BCUT2D eigenvalue weighted by Gasteiger charge is 2.33. The van der Waals surface area contributed by atoms with Crippen LogP contribution >= 0.6 is 11.8 Å². The largest absolute Gasteiger partial charge is 0.433 e. The lowest BCUT2D eigenvalue weighted by Crippen LogP contribution is -2.10. The summed E-state index contributed by atoms with van der Waals surface area (Å²) in [6.07, 6.45) is -4.60. The van der Waals surface area contributed by atoms with Crippen LogP contribution in [0.5, 0.6) is 0 Å². The number of benzene rings is 1. The van der Waals surface area contributed by atoms with Crippen LogP contribution < -0.4 is 0 Å². The van der Waals surface area contributed by atoms with Gasteiger partial charge in [0.15, 0.2) is 0 Å². The van der Waals surface area contributed by atoms with Crippen molar-refractivity contribution in [1.82, 2.24) is 4.98 Å². The number of nitriles is 1. The van der Waals surface area contributed by atoms with Gasteiger partial charge in [0.2, 0.25) is 0 Å². The predicted octanol–water partition coefficient (Wildman–Crippen LogP) is 4.48. The quantitative estimate of drug-likeness (QED) is 0.460. The summed E-state index contributed by atoms with van der Waals surface area (Å²) in [4.78, 5) is 13.6. The van der Waals surface area contributed by atoms with E-state index in [0.29, 0.717) is 5.56 Å². The Kier molecular flexibility index (Phi) is 5.09. The lowest BCUT2D eigenvalue weighted by atomic mass is 10.1. The van der Waals surface area contributed by atoms with Gasteiger partial charge in [-0.2, -0.15) is 18.4 Å². The Morgan fingerprint density at radius 2 is 1.96 bits per heavy atom. The summed E-state index contributed by atoms with van der Waals surface area (Å²) in [6.45, 7) is 1.42. The van der Waals surface area contributed by atoms with Crippen molar-refractivity contribution in [1.29, 1.82) is 5.26 Å². The molecule has 124 valence electrons. The third-order valence-corrected chi connectivity index (χ3v) is 4.15. The van der Waals surface area contributed by atoms with E-state index >= 15 is 0 Å². The van der Waals surface area contributed by atoms with Gasteiger partial charge in [0, 0.05) is 17.9 Å². The fraction of sp³-hybridized carbons (Fsp3) is 0.200. The SMILES string of the molecule is Cc1cc(C(F)(F)F)nc(SCc2ccc([N+](=O)[O-])cc2)c1C#N. The van der Waals surface area contributed by atoms with Crippen LogP contribution in [0.3, 0.4) is 0 Å². The number of nitro groups is 1. The Balaban J connectivity index is 2.27. The first kappa shape index (κ1) is 17.7. The number of alkyl halides is 3. The number of halogens is 3. The molecule has 24 heavy (non-hydrogen) atoms. The second kappa shape index (κ2) is 6.88. The molecule has 0 amide bonds. The minimum absolute atomic E-state index is 0.0109. The van der Waals surface area contributed by atoms with E-state index < -0.39 is 16.8 Å². The molecule has 0 saturated carbocycles. The van der Waals surface area contributed by atoms with Crippen molar-refractivity contribution in [2.75, 3.05) is 0 Å². The normalized spacial score (nSPS) is 11.1. The van der Waals surface area contributed by atoms with Gasteiger partial charge in [-0.25, -0.2) is 4.98 Å². The molecule has 9 heteroatoms. The van der Waals surface area contributed by atoms with Crippen LogP contribution in [0, 0.1) is 28.4 Å². The van der Waals surface area contributed by atoms with Crippen molar-refractivity contribution in [2.45, 2.75) is 23.9 Å². The standard InChI is InChI=1S/C15H10F3N3O2S/c1-9-6-13(15(16,17)18)20-14(12(9)7-19)24-8-10-2-4-11(5-3-10)21(22)23/h2-6H,8H2,1H3. The van der Waals surface area contributed by atoms with Gasteiger partial charge in [0.25, 0.3) is 5.69 Å². The highest BCUT2D eigenvalue weighted by Crippen LogP contribution is 2.33. The average molecular weight is 353 g/mol. The van der Waals surface area contributed by atoms with Crippen molar-refractivity contribution >= 4 is 17.4 Å². The molecule has 1 aromatic carbocycles. The summed E-state index contributed by atoms with van der Waals surface area (Å²) < 4.78 is 38.5. The molecule has 0 aliphatic carbocycles. The van der Waals surface area contributed by atoms with Crippen molar-refractivity contribution in [3.63, 3.8) is 0 Å². The van der Waals surface area contributed by atoms with E-state index in [1.165, 1.54) is 31.2 Å². The van der Waals surface area contributed by atoms with E-state index in [0.717, 1.165) is 17.8 Å². The molecule has 1 aromatic heterocycles. The molecular weight excluding hydrogens is 343 g/mol. The fourth-order valence-electron chi connectivity index (χ4n) is 1.89. The third kappa shape index (κ3) is 4.02. The number of thioether (sulfide) groups is 1. The van der Waals surface area contributed by atoms with Gasteiger partial charge in [-0.3, -0.25) is 10.1 Å². The molecule has 0 spiro atoms. The van der Waals surface area contributed by atoms with E-state index in [1.54, 1.807) is 0 Å². The topological polar surface area (TPSA) is 79.8 Å². The minimum Gasteiger partial charge on any atom is -0.258 e. The number of nitrogens with zero attached hydrogens (tertiary/aromatic N) is 3. The molecule has 2 aromatic rings. The van der Waals surface area contributed by atoms with Gasteiger partial charge < -0.3 is 0 Å². The molecule has 0 unspecified atom stereocenters. The maximum atomic E-state index is 12.8. The van der Waals surface area contributed by atoms with Gasteiger partial charge >= 0.3 is 6.18 Å². The highest BCUT2D eigenvalue weighted by atomic mass is 32.2. The molecule has 5 nitrogen and oxygen atoms in total. The molecule has 1 heterocycles. The Labute approximate surface area is 139 Å². The lowest BCUT2D eigenvalue weighted by Gasteiger charge is -2.11. The Hall–Kier alpha value is -2.60. The predicted molar refractivity (Wildman–Crippen MR) is 81.3 cm³/mol. The zero-order valence-corrected chi connectivity index (χ0v) is 13.1. The lowest BCUT2D eigenvalue weighted by molar-refractivity contribution is -0.384. The Morgan fingerprint density at radius 1 is 1.33 bits per heavy atom. The van der Waals surface area contributed by atoms with Crippen LogP contribution in [0.25, 0.3) is 0 Å². The molecule has 0 radical (unpaired) electrons. The van der Waals surface area contributed by atoms with E-state index in [4.69, 9.17) is 5.26 Å². The molecular formula is C15H10F3N3O2S. The van der Waals surface area contributed by atoms with Gasteiger partial charge in [-0.1, -0.05) is 12.1 Å². The van der Waals surface area contributed by atoms with Crippen LogP contribution in [0.1, 0.15) is 22.4 Å². The van der Waals surface area contributed by atoms with Gasteiger partial charge in [0.05, 0.1) is 10.5 Å². The van der Waals surface area contributed by atoms with Crippen molar-refractivity contribution in [3.05, 3.63) is 62.8 Å². The maximum Gasteiger partial charge on any atom is 0.433 e. The molecule has 0 aliphatic rings. The Morgan fingerprint density at radius 3 is 2.46 bits per heavy atom. The zero-order chi connectivity index (χ0) is 17.9. The fourth-order valence-corrected chi connectivity index (χ4v) is 2.90. The summed E-state index contributed by atoms with van der Waals surface area (Å²) in [5.41, 5.74) is -0.160. The number of pyridine rings is 1. The summed E-state index contributed by atoms with van der Waals surface area (Å²) in [7, 11) is 0. The van der Waals surface area contributed by atoms with E-state index in [2.05, 4.69) is 4.98 Å². The summed E-state index contributed by atoms with van der Waals surface area (Å²) >= 11 is 0.980. The highest BCUT2D eigenvalue weighted by molar-refractivity contribution is 7.98. The Bertz CT molecular complexity index is 814. The number of aromatic nitrogens is 1. The molecule has 2 rings (SSSR count). The van der Waals surface area contributed by atoms with Crippen LogP contribution in [0.4, 0.5) is 18.9 Å². The monoisotopic (exact) mass is 353 g/mol. The van der Waals surface area contributed by atoms with Crippen molar-refractivity contribution < 1.29 is 18.1 Å². The first-order valence-corrected chi connectivity index (χ1v) is 7.56. The van der Waals surface area contributed by atoms with Gasteiger partial charge in [-0.05, 0) is 24.1 Å². The van der Waals surface area contributed by atoms with Crippen molar-refractivity contribution in [3.8, 4) is 6.07 Å². The zero-order valence-electron chi connectivity index (χ0n) is 12.3. The van der Waals surface area contributed by atoms with E-state index in [9.17, 15) is 23.3 Å². The summed E-state index contributed by atoms with van der Waals surface area (Å²) in [5.74, 6) is 0.237. The molecule has 0 bridgehead atoms. The first-order chi connectivity index (χ1) is 11.2. The smallest absolute Gasteiger partial charge is 0.258 e. The molecule has 0 N–H and O–H groups in total. The number of rotatable bonds is 4. The van der Waals surface area contributed by atoms with E-state index in [-0.39, 0.29) is 27.6 Å². The third-order valence-electron chi connectivity index (χ3n) is 3.11. The average Bonchev–Trinajstić information content (AvgIpc) is 2.52. The van der Waals surface area contributed by atoms with Crippen LogP contribution in [-0.4, -0.2) is 9.91 Å². The molecule has 0 atom stereocenters. The second-order valence-electron chi connectivity index (χ2n) is 4.83. The van der Waals surface area contributed by atoms with Crippen LogP contribution in [-0.2, 0) is 11.9 Å². The molecule has 0 fully saturated rings. The first-order valence-electron chi connectivity index (χ1n) is 6.57. The number of aryl methyl sites for hydroxylation is 1. The van der Waals surface area contributed by atoms with Gasteiger partial charge in [-0.15, -0.1) is 11.8 Å². The van der Waals surface area contributed by atoms with Crippen molar-refractivity contribution in [2.24, 2.45) is 0 Å². The minimum atomic E-state index is -4.60. The number of non-ortho nitro benzene ring substituents is 1. The summed E-state index contributed by atoms with van der Waals surface area (Å²) in [5, 5.41) is 19.7. The van der Waals surface area contributed by atoms with Gasteiger partial charge in [0.1, 0.15) is 16.8 Å². The van der Waals surface area contributed by atoms with Crippen LogP contribution in [0.2, 0.25) is 0 Å². The number of hydrogen-bond donors (Lipinski definition) is 0. The van der Waals surface area contributed by atoms with E-state index in [1.807, 2.05) is 6.07 Å². The number of nitro benzene ring substituents is 1. The maximum absolute atomic E-state index is 12.8. The summed E-state index contributed by atoms with van der Waals surface area (Å²) in [6, 6.07) is 8.35.